The number of benzene rings is 6. The number of carbonyl (C=O) groups is 5. The molecule has 2 fully saturated rings. The molecule has 5 atom stereocenters. The molecular formula is C87H103Ac3BrN17O22-3. The summed E-state index contributed by atoms with van der Waals surface area (Å²) < 4.78 is 51.3. The fourth-order valence-corrected chi connectivity index (χ4v) is 14.6. The van der Waals surface area contributed by atoms with Crippen molar-refractivity contribution in [2.75, 3.05) is 70.3 Å². The van der Waals surface area contributed by atoms with Crippen molar-refractivity contribution in [1.29, 1.82) is 0 Å². The minimum atomic E-state index is -1.32. The second kappa shape index (κ2) is 49.6. The van der Waals surface area contributed by atoms with Crippen LogP contribution in [0, 0.1) is 215 Å². The number of ether oxygens (including phenoxy) is 10. The molecule has 0 bridgehead atoms. The van der Waals surface area contributed by atoms with Crippen molar-refractivity contribution in [1.82, 2.24) is 70.4 Å². The van der Waals surface area contributed by atoms with E-state index in [1.165, 1.54) is 53.8 Å². The standard InChI is InChI=1S/C16H19N3O4.2C15H18N3O4.C14H15N3O4.C13H15BrN2O2.C13H14N3O4.CH4.3Ac/c1-8-5-11-13(19-15(22-4)14(18-11)21-3)10(9(8)2)6-12-16(20)23-7-17-12;2*1-7-5-11-12(18-14(22-4)13(17-11)21-3)9(8(7)2)6-10(16)15(19)20;1-6-3-9-11(17-13(19)12(18)16-9)8(7(6)2)4-10-14(20)21-5-15-10;1-7-5-10-11(9(6-14)8(7)2)16-13(18-4)12(15-10)17-3;1-5-3-9-10(16-12(18)11(17)15-9)7(6(5)2)4-8(14)13(19)20;;;;/h5,12,17H,6-7H2,1-4H3;2*5,10,16H,6H2,1-4H3,(H,19,20);3,10,15H,4-5H2,1-2H3,(H,16,18)(H,17,19);5H,6H2,1-4H3;3,8,14H,4H2,1-2H3,(H,15,17)(H,16,18)(H,19,20);1H4;;;/q;2*-1;;;-1;;;;. The van der Waals surface area contributed by atoms with E-state index in [0.717, 1.165) is 88.7 Å². The third kappa shape index (κ3) is 25.8. The minimum absolute atomic E-state index is 0. The first-order chi connectivity index (χ1) is 59.7. The molecule has 12 N–H and O–H groups in total. The molecule has 130 heavy (non-hydrogen) atoms. The fraction of sp³-hybridized carbons (Fsp3) is 0.391. The Morgan fingerprint density at radius 3 is 0.885 bits per heavy atom. The quantitative estimate of drug-likeness (QED) is 0.0173. The van der Waals surface area contributed by atoms with Gasteiger partial charge in [0, 0.05) is 150 Å². The van der Waals surface area contributed by atoms with Gasteiger partial charge in [0.05, 0.1) is 123 Å². The first kappa shape index (κ1) is 111. The van der Waals surface area contributed by atoms with Crippen LogP contribution < -0.4 is 70.8 Å². The van der Waals surface area contributed by atoms with Crippen LogP contribution in [0.2, 0.25) is 0 Å². The van der Waals surface area contributed by atoms with E-state index in [0.29, 0.717) is 108 Å². The van der Waals surface area contributed by atoms with Crippen molar-refractivity contribution in [3.8, 4) is 47.0 Å². The molecule has 43 heteroatoms. The maximum Gasteiger partial charge on any atom is 0.324 e. The predicted octanol–water partition coefficient (Wildman–Crippen LogP) is 10.4. The molecular weight excluding hydrogens is 2400 g/mol. The number of aromatic amines is 4. The summed E-state index contributed by atoms with van der Waals surface area (Å²) in [5.74, 6) is -1.62. The number of hydrogen-bond donors (Lipinski definition) is 9. The van der Waals surface area contributed by atoms with Crippen molar-refractivity contribution in [3.05, 3.63) is 195 Å². The van der Waals surface area contributed by atoms with Gasteiger partial charge >= 0.3 is 34.2 Å². The zero-order chi connectivity index (χ0) is 92.9. The fourth-order valence-electron chi connectivity index (χ4n) is 13.9. The third-order valence-corrected chi connectivity index (χ3v) is 22.3. The number of fused-ring (bicyclic) bond motifs is 6. The van der Waals surface area contributed by atoms with Crippen LogP contribution in [-0.4, -0.2) is 206 Å². The van der Waals surface area contributed by atoms with Crippen molar-refractivity contribution in [2.24, 2.45) is 0 Å². The number of halogens is 1. The van der Waals surface area contributed by atoms with Crippen molar-refractivity contribution < 1.29 is 219 Å². The largest absolute Gasteiger partial charge is 0.665 e. The van der Waals surface area contributed by atoms with Crippen LogP contribution in [0.4, 0.5) is 0 Å². The number of aromatic nitrogens is 12. The number of carbonyl (C=O) groups excluding carboxylic acids is 2. The number of aliphatic carboxylic acids is 3. The maximum absolute atomic E-state index is 11.8. The Balaban J connectivity index is 0.000000275. The summed E-state index contributed by atoms with van der Waals surface area (Å²) in [6.07, 6.45) is 0.964. The third-order valence-electron chi connectivity index (χ3n) is 21.8. The van der Waals surface area contributed by atoms with Crippen LogP contribution in [0.3, 0.4) is 0 Å². The van der Waals surface area contributed by atoms with Crippen molar-refractivity contribution in [3.63, 3.8) is 0 Å². The van der Waals surface area contributed by atoms with E-state index >= 15 is 0 Å². The van der Waals surface area contributed by atoms with Gasteiger partial charge in [0.25, 0.3) is 64.9 Å². The van der Waals surface area contributed by atoms with E-state index in [-0.39, 0.29) is 214 Å². The van der Waals surface area contributed by atoms with Crippen LogP contribution in [0.5, 0.6) is 47.0 Å². The van der Waals surface area contributed by atoms with Crippen LogP contribution in [-0.2, 0) is 70.9 Å². The zero-order valence-electron chi connectivity index (χ0n) is 74.8. The predicted molar refractivity (Wildman–Crippen MR) is 479 cm³/mol. The minimum Gasteiger partial charge on any atom is -0.665 e. The van der Waals surface area contributed by atoms with Gasteiger partial charge in [-0.05, 0) is 257 Å². The van der Waals surface area contributed by atoms with Gasteiger partial charge in [-0.15, -0.1) is 0 Å². The van der Waals surface area contributed by atoms with Crippen molar-refractivity contribution in [2.45, 2.75) is 158 Å². The molecule has 3 radical (unpaired) electrons. The second-order valence-corrected chi connectivity index (χ2v) is 30.0. The van der Waals surface area contributed by atoms with Gasteiger partial charge in [-0.2, -0.15) is 0 Å². The zero-order valence-corrected chi connectivity index (χ0v) is 90.6. The molecule has 5 unspecified atom stereocenters. The first-order valence-corrected chi connectivity index (χ1v) is 40.1. The number of rotatable bonds is 22. The monoisotopic (exact) mass is 2500 g/mol. The molecule has 0 aliphatic carbocycles. The smallest absolute Gasteiger partial charge is 0.324 e. The molecule has 687 valence electrons. The molecule has 2 saturated heterocycles. The second-order valence-electron chi connectivity index (χ2n) is 29.4. The summed E-state index contributed by atoms with van der Waals surface area (Å²) >= 11 is 3.51. The Labute approximate surface area is 862 Å². The van der Waals surface area contributed by atoms with Crippen LogP contribution >= 0.6 is 15.9 Å². The van der Waals surface area contributed by atoms with Crippen LogP contribution in [0.25, 0.3) is 83.4 Å². The van der Waals surface area contributed by atoms with Gasteiger partial charge in [-0.1, -0.05) is 23.4 Å². The van der Waals surface area contributed by atoms with Gasteiger partial charge in [0.15, 0.2) is 0 Å². The number of esters is 2. The number of alkyl halides is 1. The van der Waals surface area contributed by atoms with Crippen LogP contribution in [0.15, 0.2) is 55.6 Å². The van der Waals surface area contributed by atoms with Crippen LogP contribution in [0.1, 0.15) is 108 Å². The average Bonchev–Trinajstić information content (AvgIpc) is 1.50. The SMILES string of the molecule is C.COc1nc2cc(C)c(C)c(CBr)c2nc1OC.COc1nc2cc(C)c(C)c(CC([NH-])C(=O)O)c2nc1OC.COc1nc2cc(C)c(C)c(CC([NH-])C(=O)O)c2nc1OC.COc1nc2cc(C)c(C)c(CC3NCOC3=O)c2nc1OC.Cc1cc2[nH]c(=O)c(=O)[nH]c2c(CC([NH-])C(=O)O)c1C.Cc1cc2[nH]c(=O)c(=O)[nH]c2c(CC2NCOC2=O)c1C.[Ac].[Ac].[Ac]. The maximum atomic E-state index is 11.8. The first-order valence-electron chi connectivity index (χ1n) is 39.0. The van der Waals surface area contributed by atoms with E-state index in [4.69, 9.17) is 79.9 Å². The molecule has 6 aromatic heterocycles. The van der Waals surface area contributed by atoms with E-state index in [1.807, 2.05) is 92.6 Å². The Bertz CT molecular complexity index is 6370. The molecule has 12 aromatic rings. The Hall–Kier alpha value is -9.09. The summed E-state index contributed by atoms with van der Waals surface area (Å²) in [5.41, 5.74) is 44.1. The van der Waals surface area contributed by atoms with Gasteiger partial charge in [0.2, 0.25) is 0 Å². The Morgan fingerprint density at radius 2 is 0.600 bits per heavy atom. The van der Waals surface area contributed by atoms with E-state index < -0.39 is 64.3 Å². The number of nitrogens with zero attached hydrogens (tertiary/aromatic N) is 8. The molecule has 0 saturated carbocycles. The number of cyclic esters (lactones) is 2. The van der Waals surface area contributed by atoms with Gasteiger partial charge in [0.1, 0.15) is 25.5 Å². The number of nitrogens with one attached hydrogen (secondary N) is 9. The molecule has 39 nitrogen and oxygen atoms in total. The van der Waals surface area contributed by atoms with Gasteiger partial charge < -0.3 is 99.8 Å². The normalized spacial score (nSPS) is 13.6. The summed E-state index contributed by atoms with van der Waals surface area (Å²) in [5, 5.41) is 33.6. The number of carboxylic acids is 3. The number of H-pyrrole nitrogens is 4. The van der Waals surface area contributed by atoms with Gasteiger partial charge in [-0.25, -0.2) is 39.9 Å². The van der Waals surface area contributed by atoms with E-state index in [1.54, 1.807) is 27.2 Å². The summed E-state index contributed by atoms with van der Waals surface area (Å²) in [7, 11) is 12.0. The Morgan fingerprint density at radius 1 is 0.369 bits per heavy atom. The average molecular weight is 2500 g/mol. The molecule has 2 aliphatic heterocycles. The number of hydrogen-bond acceptors (Lipinski definition) is 29. The van der Waals surface area contributed by atoms with Crippen molar-refractivity contribution >= 4 is 112 Å². The summed E-state index contributed by atoms with van der Waals surface area (Å²) in [4.78, 5) is 148. The topological polar surface area (TPSA) is 568 Å². The van der Waals surface area contributed by atoms with E-state index in [2.05, 4.69) is 100 Å². The summed E-state index contributed by atoms with van der Waals surface area (Å²) in [6, 6.07) is 6.60. The summed E-state index contributed by atoms with van der Waals surface area (Å²) in [6.45, 7) is 23.7. The molecule has 14 rings (SSSR count). The molecule has 0 spiro atoms. The van der Waals surface area contributed by atoms with E-state index in [9.17, 15) is 43.2 Å². The Kier molecular flexibility index (Phi) is 42.5. The molecule has 2 aliphatic rings. The molecule has 8 heterocycles. The molecule has 6 aromatic carbocycles. The number of carboxylic acid groups (broad SMARTS) is 3. The van der Waals surface area contributed by atoms with Gasteiger partial charge in [-0.3, -0.25) is 53.8 Å². The number of aryl methyl sites for hydroxylation is 6. The number of methoxy groups -OCH3 is 8. The molecule has 0 amide bonds.